The Kier molecular flexibility index (Phi) is 3.35. The van der Waals surface area contributed by atoms with Crippen molar-refractivity contribution in [2.24, 2.45) is 5.11 Å². The molecule has 0 aromatic heterocycles. The number of hydrogen-bond donors (Lipinski definition) is 0. The van der Waals surface area contributed by atoms with Gasteiger partial charge in [0.1, 0.15) is 5.69 Å². The number of azo groups is 1. The Hall–Kier alpha value is -2.36. The third kappa shape index (κ3) is 2.60. The quantitative estimate of drug-likeness (QED) is 0.457. The van der Waals surface area contributed by atoms with Gasteiger partial charge in [-0.05, 0) is 23.1 Å². The van der Waals surface area contributed by atoms with Crippen molar-refractivity contribution in [3.63, 3.8) is 0 Å². The molecule has 0 unspecified atom stereocenters. The van der Waals surface area contributed by atoms with Gasteiger partial charge < -0.3 is 9.94 Å². The maximum atomic E-state index is 11.9. The van der Waals surface area contributed by atoms with Crippen molar-refractivity contribution in [1.82, 2.24) is 0 Å². The SMILES string of the molecule is COc1ccccc1[N+]([O-])=Nc1ccccc1. The lowest BCUT2D eigenvalue weighted by Gasteiger charge is -2.04. The normalized spacial score (nSPS) is 11.2. The average Bonchev–Trinajstić information content (AvgIpc) is 2.40. The first-order valence-corrected chi connectivity index (χ1v) is 5.18. The molecular formula is C13H12N2O2. The van der Waals surface area contributed by atoms with E-state index in [9.17, 15) is 5.21 Å². The standard InChI is InChI=1S/C13H12N2O2/c1-17-13-10-6-5-9-12(13)15(16)14-11-7-3-2-4-8-11/h2-10H,1H3. The Balaban J connectivity index is 2.37. The third-order valence-corrected chi connectivity index (χ3v) is 2.25. The van der Waals surface area contributed by atoms with Gasteiger partial charge in [-0.25, -0.2) is 0 Å². The van der Waals surface area contributed by atoms with E-state index < -0.39 is 0 Å². The van der Waals surface area contributed by atoms with Crippen LogP contribution in [0.1, 0.15) is 0 Å². The van der Waals surface area contributed by atoms with Gasteiger partial charge in [0.05, 0.1) is 7.11 Å². The smallest absolute Gasteiger partial charge is 0.286 e. The van der Waals surface area contributed by atoms with Crippen molar-refractivity contribution in [2.75, 3.05) is 7.11 Å². The van der Waals surface area contributed by atoms with Crippen molar-refractivity contribution in [2.45, 2.75) is 0 Å². The van der Waals surface area contributed by atoms with Crippen LogP contribution >= 0.6 is 0 Å². The molecule has 0 bridgehead atoms. The van der Waals surface area contributed by atoms with Crippen LogP contribution in [0.4, 0.5) is 11.4 Å². The fraction of sp³-hybridized carbons (Fsp3) is 0.0769. The van der Waals surface area contributed by atoms with Crippen molar-refractivity contribution in [3.8, 4) is 5.75 Å². The van der Waals surface area contributed by atoms with Gasteiger partial charge in [0.25, 0.3) is 5.69 Å². The van der Waals surface area contributed by atoms with Gasteiger partial charge in [0.15, 0.2) is 5.75 Å². The number of ether oxygens (including phenoxy) is 1. The second kappa shape index (κ2) is 5.12. The number of hydrogen-bond acceptors (Lipinski definition) is 3. The maximum absolute atomic E-state index is 11.9. The highest BCUT2D eigenvalue weighted by Crippen LogP contribution is 2.27. The topological polar surface area (TPSA) is 47.7 Å². The molecule has 0 aliphatic carbocycles. The van der Waals surface area contributed by atoms with Crippen LogP contribution in [-0.2, 0) is 0 Å². The Bertz CT molecular complexity index is 524. The molecule has 2 rings (SSSR count). The predicted molar refractivity (Wildman–Crippen MR) is 64.8 cm³/mol. The number of methoxy groups -OCH3 is 1. The summed E-state index contributed by atoms with van der Waals surface area (Å²) in [6.07, 6.45) is 0. The number of benzene rings is 2. The van der Waals surface area contributed by atoms with Crippen LogP contribution in [0.15, 0.2) is 59.7 Å². The summed E-state index contributed by atoms with van der Waals surface area (Å²) in [5.41, 5.74) is 0.993. The first-order valence-electron chi connectivity index (χ1n) is 5.18. The minimum absolute atomic E-state index is 0.388. The lowest BCUT2D eigenvalue weighted by molar-refractivity contribution is -0.436. The second-order valence-corrected chi connectivity index (χ2v) is 3.38. The molecule has 0 N–H and O–H groups in total. The highest BCUT2D eigenvalue weighted by Gasteiger charge is 2.11. The van der Waals surface area contributed by atoms with Crippen LogP contribution in [0.25, 0.3) is 0 Å². The Morgan fingerprint density at radius 1 is 1.00 bits per heavy atom. The summed E-state index contributed by atoms with van der Waals surface area (Å²) in [6, 6.07) is 16.0. The van der Waals surface area contributed by atoms with E-state index in [1.54, 1.807) is 36.4 Å². The summed E-state index contributed by atoms with van der Waals surface area (Å²) >= 11 is 0. The van der Waals surface area contributed by atoms with E-state index in [2.05, 4.69) is 5.11 Å². The summed E-state index contributed by atoms with van der Waals surface area (Å²) in [4.78, 5) is 0.564. The van der Waals surface area contributed by atoms with E-state index in [0.29, 0.717) is 22.0 Å². The molecule has 2 aromatic rings. The molecule has 2 aromatic carbocycles. The largest absolute Gasteiger partial charge is 0.594 e. The monoisotopic (exact) mass is 228 g/mol. The molecule has 0 spiro atoms. The molecule has 0 aliphatic heterocycles. The lowest BCUT2D eigenvalue weighted by Crippen LogP contribution is -1.94. The molecule has 0 atom stereocenters. The van der Waals surface area contributed by atoms with Crippen LogP contribution < -0.4 is 4.74 Å². The van der Waals surface area contributed by atoms with Crippen LogP contribution in [0.5, 0.6) is 5.75 Å². The maximum Gasteiger partial charge on any atom is 0.286 e. The number of rotatable bonds is 3. The summed E-state index contributed by atoms with van der Waals surface area (Å²) in [5.74, 6) is 0.502. The minimum Gasteiger partial charge on any atom is -0.594 e. The summed E-state index contributed by atoms with van der Waals surface area (Å²) in [6.45, 7) is 0. The highest BCUT2D eigenvalue weighted by atomic mass is 16.5. The van der Waals surface area contributed by atoms with Crippen LogP contribution in [0.2, 0.25) is 0 Å². The minimum atomic E-state index is 0.388. The van der Waals surface area contributed by atoms with E-state index in [-0.39, 0.29) is 0 Å². The fourth-order valence-corrected chi connectivity index (χ4v) is 1.44. The van der Waals surface area contributed by atoms with E-state index >= 15 is 0 Å². The number of nitrogens with zero attached hydrogens (tertiary/aromatic N) is 2. The first kappa shape index (κ1) is 11.1. The van der Waals surface area contributed by atoms with Crippen molar-refractivity contribution in [1.29, 1.82) is 0 Å². The molecule has 4 heteroatoms. The Labute approximate surface area is 99.4 Å². The summed E-state index contributed by atoms with van der Waals surface area (Å²) in [7, 11) is 1.52. The van der Waals surface area contributed by atoms with Gasteiger partial charge in [-0.3, -0.25) is 0 Å². The van der Waals surface area contributed by atoms with Gasteiger partial charge in [0, 0.05) is 11.2 Å². The highest BCUT2D eigenvalue weighted by molar-refractivity contribution is 5.45. The van der Waals surface area contributed by atoms with E-state index in [4.69, 9.17) is 4.74 Å². The van der Waals surface area contributed by atoms with E-state index in [0.717, 1.165) is 0 Å². The lowest BCUT2D eigenvalue weighted by atomic mass is 10.3. The molecule has 0 aliphatic rings. The molecule has 0 amide bonds. The van der Waals surface area contributed by atoms with Crippen molar-refractivity contribution >= 4 is 11.4 Å². The van der Waals surface area contributed by atoms with Gasteiger partial charge in [-0.15, -0.1) is 0 Å². The second-order valence-electron chi connectivity index (χ2n) is 3.38. The molecule has 4 nitrogen and oxygen atoms in total. The van der Waals surface area contributed by atoms with Gasteiger partial charge >= 0.3 is 0 Å². The van der Waals surface area contributed by atoms with Crippen LogP contribution in [0, 0.1) is 5.21 Å². The van der Waals surface area contributed by atoms with Crippen LogP contribution in [0.3, 0.4) is 0 Å². The molecular weight excluding hydrogens is 216 g/mol. The molecule has 17 heavy (non-hydrogen) atoms. The van der Waals surface area contributed by atoms with E-state index in [1.165, 1.54) is 7.11 Å². The predicted octanol–water partition coefficient (Wildman–Crippen LogP) is 3.62. The fourth-order valence-electron chi connectivity index (χ4n) is 1.44. The van der Waals surface area contributed by atoms with E-state index in [1.807, 2.05) is 18.2 Å². The van der Waals surface area contributed by atoms with Gasteiger partial charge in [-0.1, -0.05) is 30.3 Å². The van der Waals surface area contributed by atoms with Crippen molar-refractivity contribution < 1.29 is 9.60 Å². The zero-order valence-electron chi connectivity index (χ0n) is 9.41. The molecule has 0 saturated carbocycles. The summed E-state index contributed by atoms with van der Waals surface area (Å²) in [5, 5.41) is 15.8. The van der Waals surface area contributed by atoms with Crippen LogP contribution in [-0.4, -0.2) is 12.0 Å². The number of para-hydroxylation sites is 2. The Morgan fingerprint density at radius 3 is 2.35 bits per heavy atom. The Morgan fingerprint density at radius 2 is 1.65 bits per heavy atom. The third-order valence-electron chi connectivity index (χ3n) is 2.25. The molecule has 0 heterocycles. The zero-order chi connectivity index (χ0) is 12.1. The average molecular weight is 228 g/mol. The molecule has 86 valence electrons. The van der Waals surface area contributed by atoms with Gasteiger partial charge in [0.2, 0.25) is 0 Å². The molecule has 0 saturated heterocycles. The summed E-state index contributed by atoms with van der Waals surface area (Å²) < 4.78 is 5.10. The van der Waals surface area contributed by atoms with Gasteiger partial charge in [-0.2, -0.15) is 0 Å². The zero-order valence-corrected chi connectivity index (χ0v) is 9.41. The first-order chi connectivity index (χ1) is 8.31. The molecule has 0 radical (unpaired) electrons. The van der Waals surface area contributed by atoms with Crippen molar-refractivity contribution in [3.05, 3.63) is 59.8 Å². The molecule has 0 fully saturated rings.